The Hall–Kier alpha value is -1.35. The predicted molar refractivity (Wildman–Crippen MR) is 81.3 cm³/mol. The van der Waals surface area contributed by atoms with Crippen LogP contribution in [0.15, 0.2) is 18.2 Å². The fraction of sp³-hybridized carbons (Fsp3) is 0.562. The summed E-state index contributed by atoms with van der Waals surface area (Å²) in [7, 11) is 0. The summed E-state index contributed by atoms with van der Waals surface area (Å²) in [6.07, 6.45) is 0. The molecule has 0 fully saturated rings. The quantitative estimate of drug-likeness (QED) is 0.855. The highest BCUT2D eigenvalue weighted by Gasteiger charge is 2.22. The first kappa shape index (κ1) is 15.7. The van der Waals surface area contributed by atoms with Crippen LogP contribution in [0.4, 0.5) is 5.69 Å². The maximum absolute atomic E-state index is 12.3. The molecule has 0 aliphatic heterocycles. The number of carbonyl (C=O) groups is 1. The van der Waals surface area contributed by atoms with E-state index < -0.39 is 0 Å². The van der Waals surface area contributed by atoms with Crippen LogP contribution in [0.3, 0.4) is 0 Å². The number of nitrogens with two attached hydrogens (primary N) is 1. The fourth-order valence-corrected chi connectivity index (χ4v) is 2.24. The summed E-state index contributed by atoms with van der Waals surface area (Å²) < 4.78 is 0. The van der Waals surface area contributed by atoms with Gasteiger partial charge in [-0.25, -0.2) is 0 Å². The largest absolute Gasteiger partial charge is 0.330 e. The first-order valence-electron chi connectivity index (χ1n) is 6.98. The van der Waals surface area contributed by atoms with Gasteiger partial charge in [0.15, 0.2) is 0 Å². The first-order valence-corrected chi connectivity index (χ1v) is 6.98. The summed E-state index contributed by atoms with van der Waals surface area (Å²) in [5.74, 6) is 0.510. The molecular formula is C16H26N2O. The van der Waals surface area contributed by atoms with Crippen LogP contribution >= 0.6 is 0 Å². The van der Waals surface area contributed by atoms with Crippen molar-refractivity contribution in [2.75, 3.05) is 11.9 Å². The van der Waals surface area contributed by atoms with Gasteiger partial charge in [0, 0.05) is 12.2 Å². The van der Waals surface area contributed by atoms with Gasteiger partial charge in [0.05, 0.1) is 5.92 Å². The number of rotatable bonds is 5. The molecule has 1 aromatic carbocycles. The second-order valence-electron chi connectivity index (χ2n) is 5.77. The van der Waals surface area contributed by atoms with Crippen LogP contribution in [0.2, 0.25) is 0 Å². The van der Waals surface area contributed by atoms with E-state index in [4.69, 9.17) is 5.73 Å². The van der Waals surface area contributed by atoms with Crippen molar-refractivity contribution in [2.45, 2.75) is 40.5 Å². The highest BCUT2D eigenvalue weighted by atomic mass is 16.1. The van der Waals surface area contributed by atoms with Crippen molar-refractivity contribution in [1.82, 2.24) is 0 Å². The molecule has 0 spiro atoms. The Bertz CT molecular complexity index is 438. The van der Waals surface area contributed by atoms with E-state index in [1.54, 1.807) is 0 Å². The van der Waals surface area contributed by atoms with Gasteiger partial charge in [-0.1, -0.05) is 45.9 Å². The van der Waals surface area contributed by atoms with Crippen molar-refractivity contribution < 1.29 is 4.79 Å². The molecule has 0 aromatic heterocycles. The first-order chi connectivity index (χ1) is 8.88. The topological polar surface area (TPSA) is 55.1 Å². The number of para-hydroxylation sites is 1. The molecule has 0 bridgehead atoms. The van der Waals surface area contributed by atoms with Crippen molar-refractivity contribution in [2.24, 2.45) is 17.6 Å². The summed E-state index contributed by atoms with van der Waals surface area (Å²) in [5.41, 5.74) is 8.92. The van der Waals surface area contributed by atoms with E-state index in [0.29, 0.717) is 12.5 Å². The number of aryl methyl sites for hydroxylation is 1. The summed E-state index contributed by atoms with van der Waals surface area (Å²) in [6, 6.07) is 6.12. The second-order valence-corrected chi connectivity index (χ2v) is 5.77. The Morgan fingerprint density at radius 1 is 1.26 bits per heavy atom. The zero-order valence-corrected chi connectivity index (χ0v) is 12.7. The van der Waals surface area contributed by atoms with Crippen LogP contribution in [0.1, 0.15) is 44.7 Å². The van der Waals surface area contributed by atoms with Crippen LogP contribution < -0.4 is 11.1 Å². The van der Waals surface area contributed by atoms with E-state index >= 15 is 0 Å². The second kappa shape index (κ2) is 6.71. The Balaban J connectivity index is 3.02. The highest BCUT2D eigenvalue weighted by molar-refractivity contribution is 5.94. The van der Waals surface area contributed by atoms with Crippen LogP contribution in [0.25, 0.3) is 0 Å². The maximum atomic E-state index is 12.3. The molecule has 1 unspecified atom stereocenters. The number of benzene rings is 1. The lowest BCUT2D eigenvalue weighted by molar-refractivity contribution is -0.120. The lowest BCUT2D eigenvalue weighted by Crippen LogP contribution is -2.33. The Kier molecular flexibility index (Phi) is 5.55. The fourth-order valence-electron chi connectivity index (χ4n) is 2.24. The average molecular weight is 262 g/mol. The normalized spacial score (nSPS) is 12.8. The molecule has 1 atom stereocenters. The lowest BCUT2D eigenvalue weighted by Gasteiger charge is -2.21. The Morgan fingerprint density at radius 3 is 2.37 bits per heavy atom. The molecule has 1 rings (SSSR count). The molecule has 3 heteroatoms. The predicted octanol–water partition coefficient (Wildman–Crippen LogP) is 3.29. The van der Waals surface area contributed by atoms with Gasteiger partial charge in [-0.3, -0.25) is 4.79 Å². The number of hydrogen-bond acceptors (Lipinski definition) is 2. The van der Waals surface area contributed by atoms with Crippen LogP contribution in [-0.2, 0) is 4.79 Å². The molecule has 3 nitrogen and oxygen atoms in total. The minimum Gasteiger partial charge on any atom is -0.330 e. The van der Waals surface area contributed by atoms with E-state index in [-0.39, 0.29) is 17.7 Å². The van der Waals surface area contributed by atoms with Crippen molar-refractivity contribution in [3.8, 4) is 0 Å². The molecule has 0 heterocycles. The molecular weight excluding hydrogens is 236 g/mol. The van der Waals surface area contributed by atoms with Gasteiger partial charge >= 0.3 is 0 Å². The van der Waals surface area contributed by atoms with E-state index in [9.17, 15) is 4.79 Å². The zero-order chi connectivity index (χ0) is 14.6. The number of hydrogen-bond donors (Lipinski definition) is 2. The molecule has 0 aliphatic carbocycles. The molecule has 1 amide bonds. The van der Waals surface area contributed by atoms with Gasteiger partial charge < -0.3 is 11.1 Å². The SMILES string of the molecule is Cc1cccc(C(C)C)c1NC(=O)C(CN)C(C)C. The van der Waals surface area contributed by atoms with Gasteiger partial charge in [-0.15, -0.1) is 0 Å². The molecule has 106 valence electrons. The van der Waals surface area contributed by atoms with Gasteiger partial charge in [0.2, 0.25) is 5.91 Å². The van der Waals surface area contributed by atoms with Crippen molar-refractivity contribution in [3.05, 3.63) is 29.3 Å². The van der Waals surface area contributed by atoms with Crippen LogP contribution in [0.5, 0.6) is 0 Å². The summed E-state index contributed by atoms with van der Waals surface area (Å²) in [6.45, 7) is 10.7. The van der Waals surface area contributed by atoms with Crippen molar-refractivity contribution in [3.63, 3.8) is 0 Å². The number of amides is 1. The van der Waals surface area contributed by atoms with E-state index in [1.165, 1.54) is 5.56 Å². The molecule has 3 N–H and O–H groups in total. The van der Waals surface area contributed by atoms with Gasteiger partial charge in [-0.2, -0.15) is 0 Å². The van der Waals surface area contributed by atoms with E-state index in [2.05, 4.69) is 25.2 Å². The third kappa shape index (κ3) is 3.80. The van der Waals surface area contributed by atoms with Gasteiger partial charge in [0.1, 0.15) is 0 Å². The summed E-state index contributed by atoms with van der Waals surface area (Å²) >= 11 is 0. The summed E-state index contributed by atoms with van der Waals surface area (Å²) in [4.78, 5) is 12.3. The lowest BCUT2D eigenvalue weighted by atomic mass is 9.93. The number of nitrogens with one attached hydrogen (secondary N) is 1. The van der Waals surface area contributed by atoms with Crippen LogP contribution in [0, 0.1) is 18.8 Å². The molecule has 0 aliphatic rings. The zero-order valence-electron chi connectivity index (χ0n) is 12.7. The van der Waals surface area contributed by atoms with Crippen molar-refractivity contribution >= 4 is 11.6 Å². The molecule has 0 saturated heterocycles. The number of carbonyl (C=O) groups excluding carboxylic acids is 1. The molecule has 19 heavy (non-hydrogen) atoms. The highest BCUT2D eigenvalue weighted by Crippen LogP contribution is 2.28. The molecule has 1 aromatic rings. The third-order valence-electron chi connectivity index (χ3n) is 3.57. The minimum absolute atomic E-state index is 0.0219. The Morgan fingerprint density at radius 2 is 1.89 bits per heavy atom. The molecule has 0 radical (unpaired) electrons. The van der Waals surface area contributed by atoms with Gasteiger partial charge in [0.25, 0.3) is 0 Å². The van der Waals surface area contributed by atoms with Crippen LogP contribution in [-0.4, -0.2) is 12.5 Å². The van der Waals surface area contributed by atoms with Gasteiger partial charge in [-0.05, 0) is 29.9 Å². The number of anilines is 1. The smallest absolute Gasteiger partial charge is 0.229 e. The van der Waals surface area contributed by atoms with E-state index in [0.717, 1.165) is 11.3 Å². The third-order valence-corrected chi connectivity index (χ3v) is 3.57. The minimum atomic E-state index is -0.139. The average Bonchev–Trinajstić information content (AvgIpc) is 2.31. The van der Waals surface area contributed by atoms with Crippen molar-refractivity contribution in [1.29, 1.82) is 0 Å². The standard InChI is InChI=1S/C16H26N2O/c1-10(2)13-8-6-7-12(5)15(13)18-16(19)14(9-17)11(3)4/h6-8,10-11,14H,9,17H2,1-5H3,(H,18,19). The Labute approximate surface area is 116 Å². The van der Waals surface area contributed by atoms with E-state index in [1.807, 2.05) is 32.9 Å². The molecule has 0 saturated carbocycles. The monoisotopic (exact) mass is 262 g/mol. The maximum Gasteiger partial charge on any atom is 0.229 e. The summed E-state index contributed by atoms with van der Waals surface area (Å²) in [5, 5.41) is 3.07.